The molecule has 0 unspecified atom stereocenters. The van der Waals surface area contributed by atoms with Crippen LogP contribution < -0.4 is 0 Å². The van der Waals surface area contributed by atoms with Crippen LogP contribution in [0.3, 0.4) is 0 Å². The number of carbonyl (C=O) groups is 2. The molecule has 1 aliphatic rings. The lowest BCUT2D eigenvalue weighted by Crippen LogP contribution is -2.03. The van der Waals surface area contributed by atoms with E-state index >= 15 is 0 Å². The molecule has 1 aromatic rings. The molecule has 1 aromatic carbocycles. The van der Waals surface area contributed by atoms with E-state index in [4.69, 9.17) is 0 Å². The van der Waals surface area contributed by atoms with E-state index in [-0.39, 0.29) is 0 Å². The van der Waals surface area contributed by atoms with Gasteiger partial charge in [0, 0.05) is 6.08 Å². The van der Waals surface area contributed by atoms with E-state index in [1.807, 2.05) is 38.1 Å². The quantitative estimate of drug-likeness (QED) is 0.562. The number of hydrogen-bond acceptors (Lipinski definition) is 3. The molecular formula is C13H12O3. The maximum absolute atomic E-state index is 11.4. The topological polar surface area (TPSA) is 43.4 Å². The number of rotatable bonds is 2. The molecule has 0 aliphatic carbocycles. The Bertz CT molecular complexity index is 484. The normalized spacial score (nSPS) is 15.3. The van der Waals surface area contributed by atoms with Crippen molar-refractivity contribution in [3.8, 4) is 0 Å². The fourth-order valence-electron chi connectivity index (χ4n) is 1.79. The van der Waals surface area contributed by atoms with Crippen LogP contribution in [0.4, 0.5) is 0 Å². The van der Waals surface area contributed by atoms with Crippen LogP contribution in [0.15, 0.2) is 30.3 Å². The Balaban J connectivity index is 2.52. The zero-order chi connectivity index (χ0) is 11.7. The summed E-state index contributed by atoms with van der Waals surface area (Å²) in [7, 11) is 0. The molecule has 0 amide bonds. The van der Waals surface area contributed by atoms with E-state index < -0.39 is 11.9 Å². The molecule has 2 rings (SSSR count). The Hall–Kier alpha value is -1.90. The molecule has 1 aliphatic heterocycles. The van der Waals surface area contributed by atoms with Gasteiger partial charge in [-0.15, -0.1) is 0 Å². The van der Waals surface area contributed by atoms with Gasteiger partial charge in [-0.1, -0.05) is 38.1 Å². The van der Waals surface area contributed by atoms with Crippen LogP contribution in [-0.2, 0) is 14.3 Å². The number of benzene rings is 1. The molecule has 1 heterocycles. The van der Waals surface area contributed by atoms with Crippen LogP contribution in [0.5, 0.6) is 0 Å². The lowest BCUT2D eigenvalue weighted by atomic mass is 9.93. The fraction of sp³-hybridized carbons (Fsp3) is 0.231. The van der Waals surface area contributed by atoms with Crippen molar-refractivity contribution in [2.24, 2.45) is 0 Å². The molecule has 16 heavy (non-hydrogen) atoms. The van der Waals surface area contributed by atoms with Gasteiger partial charge < -0.3 is 4.74 Å². The first kappa shape index (κ1) is 10.6. The van der Waals surface area contributed by atoms with Crippen molar-refractivity contribution in [2.75, 3.05) is 0 Å². The molecule has 0 saturated carbocycles. The molecular weight excluding hydrogens is 204 g/mol. The predicted molar refractivity (Wildman–Crippen MR) is 59.6 cm³/mol. The van der Waals surface area contributed by atoms with E-state index in [0.717, 1.165) is 11.1 Å². The highest BCUT2D eigenvalue weighted by Gasteiger charge is 2.26. The number of carbonyl (C=O) groups excluding carboxylic acids is 2. The number of ether oxygens (including phenoxy) is 1. The van der Waals surface area contributed by atoms with Gasteiger partial charge in [0.1, 0.15) is 0 Å². The second-order valence-corrected chi connectivity index (χ2v) is 4.01. The van der Waals surface area contributed by atoms with Gasteiger partial charge >= 0.3 is 11.9 Å². The Labute approximate surface area is 93.7 Å². The highest BCUT2D eigenvalue weighted by atomic mass is 16.6. The van der Waals surface area contributed by atoms with Crippen molar-refractivity contribution in [1.29, 1.82) is 0 Å². The van der Waals surface area contributed by atoms with Gasteiger partial charge in [-0.2, -0.15) is 0 Å². The Morgan fingerprint density at radius 2 is 1.81 bits per heavy atom. The maximum atomic E-state index is 11.4. The zero-order valence-corrected chi connectivity index (χ0v) is 9.19. The smallest absolute Gasteiger partial charge is 0.346 e. The summed E-state index contributed by atoms with van der Waals surface area (Å²) in [6.45, 7) is 4.09. The Morgan fingerprint density at radius 1 is 1.12 bits per heavy atom. The predicted octanol–water partition coefficient (Wildman–Crippen LogP) is 2.28. The summed E-state index contributed by atoms with van der Waals surface area (Å²) >= 11 is 0. The summed E-state index contributed by atoms with van der Waals surface area (Å²) in [4.78, 5) is 22.4. The minimum absolute atomic E-state index is 0.292. The summed E-state index contributed by atoms with van der Waals surface area (Å²) in [6, 6.07) is 7.55. The van der Waals surface area contributed by atoms with Crippen molar-refractivity contribution >= 4 is 17.5 Å². The van der Waals surface area contributed by atoms with Crippen LogP contribution in [0.1, 0.15) is 30.9 Å². The molecule has 0 N–H and O–H groups in total. The number of esters is 2. The molecule has 0 spiro atoms. The van der Waals surface area contributed by atoms with Crippen LogP contribution in [0.25, 0.3) is 5.57 Å². The molecule has 3 nitrogen and oxygen atoms in total. The SMILES string of the molecule is CC(C)c1ccccc1C1=CC(=O)OC1=O. The Kier molecular flexibility index (Phi) is 2.60. The summed E-state index contributed by atoms with van der Waals surface area (Å²) in [6.07, 6.45) is 1.25. The molecule has 0 bridgehead atoms. The van der Waals surface area contributed by atoms with Gasteiger partial charge in [0.25, 0.3) is 0 Å². The third-order valence-electron chi connectivity index (χ3n) is 2.55. The monoisotopic (exact) mass is 216 g/mol. The molecule has 82 valence electrons. The first-order valence-corrected chi connectivity index (χ1v) is 5.16. The van der Waals surface area contributed by atoms with E-state index in [1.165, 1.54) is 6.08 Å². The zero-order valence-electron chi connectivity index (χ0n) is 9.19. The van der Waals surface area contributed by atoms with E-state index in [2.05, 4.69) is 4.74 Å². The van der Waals surface area contributed by atoms with Crippen LogP contribution in [0.2, 0.25) is 0 Å². The number of cyclic esters (lactones) is 2. The summed E-state index contributed by atoms with van der Waals surface area (Å²) in [5.74, 6) is -0.850. The van der Waals surface area contributed by atoms with Crippen LogP contribution >= 0.6 is 0 Å². The van der Waals surface area contributed by atoms with E-state index in [1.54, 1.807) is 0 Å². The highest BCUT2D eigenvalue weighted by Crippen LogP contribution is 2.28. The lowest BCUT2D eigenvalue weighted by molar-refractivity contribution is -0.149. The van der Waals surface area contributed by atoms with Gasteiger partial charge in [-0.3, -0.25) is 0 Å². The highest BCUT2D eigenvalue weighted by molar-refractivity contribution is 6.28. The van der Waals surface area contributed by atoms with Crippen LogP contribution in [-0.4, -0.2) is 11.9 Å². The molecule has 0 saturated heterocycles. The molecule has 0 atom stereocenters. The first-order valence-electron chi connectivity index (χ1n) is 5.16. The fourth-order valence-corrected chi connectivity index (χ4v) is 1.79. The molecule has 0 radical (unpaired) electrons. The van der Waals surface area contributed by atoms with Crippen LogP contribution in [0, 0.1) is 0 Å². The van der Waals surface area contributed by atoms with E-state index in [9.17, 15) is 9.59 Å². The van der Waals surface area contributed by atoms with E-state index in [0.29, 0.717) is 11.5 Å². The minimum atomic E-state index is -0.585. The average Bonchev–Trinajstić information content (AvgIpc) is 2.57. The van der Waals surface area contributed by atoms with Crippen molar-refractivity contribution < 1.29 is 14.3 Å². The summed E-state index contributed by atoms with van der Waals surface area (Å²) in [5.41, 5.74) is 2.18. The molecule has 0 aromatic heterocycles. The Morgan fingerprint density at radius 3 is 2.38 bits per heavy atom. The van der Waals surface area contributed by atoms with Crippen molar-refractivity contribution in [2.45, 2.75) is 19.8 Å². The third-order valence-corrected chi connectivity index (χ3v) is 2.55. The largest absolute Gasteiger partial charge is 0.386 e. The van der Waals surface area contributed by atoms with Crippen molar-refractivity contribution in [3.05, 3.63) is 41.5 Å². The molecule has 3 heteroatoms. The first-order chi connectivity index (χ1) is 7.59. The van der Waals surface area contributed by atoms with Gasteiger partial charge in [0.15, 0.2) is 0 Å². The second kappa shape index (κ2) is 3.93. The molecule has 0 fully saturated rings. The number of hydrogen-bond donors (Lipinski definition) is 0. The van der Waals surface area contributed by atoms with Gasteiger partial charge in [0.2, 0.25) is 0 Å². The summed E-state index contributed by atoms with van der Waals surface area (Å²) in [5, 5.41) is 0. The minimum Gasteiger partial charge on any atom is -0.386 e. The average molecular weight is 216 g/mol. The van der Waals surface area contributed by atoms with Gasteiger partial charge in [0.05, 0.1) is 5.57 Å². The van der Waals surface area contributed by atoms with Crippen molar-refractivity contribution in [3.63, 3.8) is 0 Å². The lowest BCUT2D eigenvalue weighted by Gasteiger charge is -2.11. The summed E-state index contributed by atoms with van der Waals surface area (Å²) < 4.78 is 4.49. The van der Waals surface area contributed by atoms with Crippen molar-refractivity contribution in [1.82, 2.24) is 0 Å². The maximum Gasteiger partial charge on any atom is 0.346 e. The third kappa shape index (κ3) is 1.76. The van der Waals surface area contributed by atoms with Gasteiger partial charge in [-0.25, -0.2) is 9.59 Å². The van der Waals surface area contributed by atoms with Gasteiger partial charge in [-0.05, 0) is 17.0 Å². The standard InChI is InChI=1S/C13H12O3/c1-8(2)9-5-3-4-6-10(9)11-7-12(14)16-13(11)15/h3-8H,1-2H3. The second-order valence-electron chi connectivity index (χ2n) is 4.01.